The summed E-state index contributed by atoms with van der Waals surface area (Å²) in [4.78, 5) is 23.5. The molecule has 5 heteroatoms. The Hall–Kier alpha value is -1.10. The Morgan fingerprint density at radius 3 is 2.46 bits per heavy atom. The number of hydrogen-bond acceptors (Lipinski definition) is 3. The van der Waals surface area contributed by atoms with Crippen molar-refractivity contribution < 1.29 is 14.7 Å². The summed E-state index contributed by atoms with van der Waals surface area (Å²) in [5.41, 5.74) is 0. The molecule has 0 spiro atoms. The van der Waals surface area contributed by atoms with Crippen LogP contribution < -0.4 is 5.32 Å². The van der Waals surface area contributed by atoms with E-state index in [-0.39, 0.29) is 25.0 Å². The van der Waals surface area contributed by atoms with Crippen LogP contribution in [0, 0.1) is 5.92 Å². The topological polar surface area (TPSA) is 69.6 Å². The Morgan fingerprint density at radius 1 is 1.54 bits per heavy atom. The first-order chi connectivity index (χ1) is 6.07. The molecule has 1 atom stereocenters. The molecule has 1 aliphatic heterocycles. The average molecular weight is 186 g/mol. The fourth-order valence-corrected chi connectivity index (χ4v) is 1.36. The van der Waals surface area contributed by atoms with Gasteiger partial charge in [-0.25, -0.2) is 4.79 Å². The van der Waals surface area contributed by atoms with E-state index in [0.717, 1.165) is 4.90 Å². The van der Waals surface area contributed by atoms with E-state index in [1.807, 2.05) is 13.8 Å². The number of hydrogen-bond donors (Lipinski definition) is 2. The van der Waals surface area contributed by atoms with Crippen LogP contribution >= 0.6 is 0 Å². The van der Waals surface area contributed by atoms with Gasteiger partial charge in [-0.3, -0.25) is 9.69 Å². The molecule has 1 heterocycles. The van der Waals surface area contributed by atoms with Gasteiger partial charge in [0, 0.05) is 0 Å². The zero-order valence-corrected chi connectivity index (χ0v) is 7.78. The van der Waals surface area contributed by atoms with Gasteiger partial charge in [0.05, 0.1) is 19.2 Å². The summed E-state index contributed by atoms with van der Waals surface area (Å²) >= 11 is 0. The van der Waals surface area contributed by atoms with E-state index in [4.69, 9.17) is 5.11 Å². The smallest absolute Gasteiger partial charge is 0.324 e. The minimum atomic E-state index is -0.407. The van der Waals surface area contributed by atoms with Gasteiger partial charge in [0.25, 0.3) is 0 Å². The predicted octanol–water partition coefficient (Wildman–Crippen LogP) is -0.445. The minimum absolute atomic E-state index is 0.0437. The van der Waals surface area contributed by atoms with Crippen LogP contribution in [0.15, 0.2) is 0 Å². The molecular formula is C8H14N2O3. The van der Waals surface area contributed by atoms with Crippen molar-refractivity contribution in [1.29, 1.82) is 0 Å². The molecule has 0 saturated carbocycles. The van der Waals surface area contributed by atoms with Gasteiger partial charge in [0.2, 0.25) is 5.91 Å². The second-order valence-corrected chi connectivity index (χ2v) is 3.42. The van der Waals surface area contributed by atoms with E-state index in [2.05, 4.69) is 5.32 Å². The Kier molecular flexibility index (Phi) is 2.87. The summed E-state index contributed by atoms with van der Waals surface area (Å²) in [5.74, 6) is -0.199. The molecule has 1 aliphatic rings. The Bertz CT molecular complexity index is 211. The number of imide groups is 1. The van der Waals surface area contributed by atoms with Crippen LogP contribution in [0.4, 0.5) is 4.79 Å². The highest BCUT2D eigenvalue weighted by Gasteiger charge is 2.35. The molecular weight excluding hydrogens is 172 g/mol. The van der Waals surface area contributed by atoms with Gasteiger partial charge >= 0.3 is 6.03 Å². The Balaban J connectivity index is 2.77. The molecule has 3 amide bonds. The molecule has 0 radical (unpaired) electrons. The number of urea groups is 1. The van der Waals surface area contributed by atoms with E-state index < -0.39 is 12.1 Å². The Labute approximate surface area is 76.7 Å². The van der Waals surface area contributed by atoms with Gasteiger partial charge in [0.15, 0.2) is 0 Å². The SMILES string of the molecule is CC(C)C(CO)N1C(=O)CNC1=O. The third kappa shape index (κ3) is 1.80. The van der Waals surface area contributed by atoms with Gasteiger partial charge < -0.3 is 10.4 Å². The summed E-state index contributed by atoms with van der Waals surface area (Å²) in [6.45, 7) is 3.58. The van der Waals surface area contributed by atoms with Crippen LogP contribution in [0.1, 0.15) is 13.8 Å². The molecule has 2 N–H and O–H groups in total. The molecule has 74 valence electrons. The van der Waals surface area contributed by atoms with Crippen molar-refractivity contribution in [3.63, 3.8) is 0 Å². The molecule has 0 aromatic heterocycles. The lowest BCUT2D eigenvalue weighted by atomic mass is 10.0. The van der Waals surface area contributed by atoms with Gasteiger partial charge in [-0.15, -0.1) is 0 Å². The molecule has 13 heavy (non-hydrogen) atoms. The molecule has 5 nitrogen and oxygen atoms in total. The first-order valence-electron chi connectivity index (χ1n) is 4.28. The first-order valence-corrected chi connectivity index (χ1v) is 4.28. The van der Waals surface area contributed by atoms with Gasteiger partial charge in [-0.05, 0) is 5.92 Å². The van der Waals surface area contributed by atoms with E-state index in [0.29, 0.717) is 0 Å². The van der Waals surface area contributed by atoms with Crippen molar-refractivity contribution in [3.05, 3.63) is 0 Å². The zero-order valence-electron chi connectivity index (χ0n) is 7.78. The number of carbonyl (C=O) groups excluding carboxylic acids is 2. The largest absolute Gasteiger partial charge is 0.394 e. The van der Waals surface area contributed by atoms with Gasteiger partial charge in [0.1, 0.15) is 0 Å². The van der Waals surface area contributed by atoms with Crippen molar-refractivity contribution in [2.24, 2.45) is 5.92 Å². The Morgan fingerprint density at radius 2 is 2.15 bits per heavy atom. The number of nitrogens with zero attached hydrogens (tertiary/aromatic N) is 1. The van der Waals surface area contributed by atoms with Crippen LogP contribution in [0.2, 0.25) is 0 Å². The van der Waals surface area contributed by atoms with Crippen molar-refractivity contribution in [1.82, 2.24) is 10.2 Å². The number of carbonyl (C=O) groups is 2. The van der Waals surface area contributed by atoms with Crippen molar-refractivity contribution >= 4 is 11.9 Å². The van der Waals surface area contributed by atoms with Crippen LogP contribution in [-0.2, 0) is 4.79 Å². The molecule has 1 rings (SSSR count). The summed E-state index contributed by atoms with van der Waals surface area (Å²) in [7, 11) is 0. The fraction of sp³-hybridized carbons (Fsp3) is 0.750. The normalized spacial score (nSPS) is 19.5. The molecule has 1 unspecified atom stereocenters. The maximum atomic E-state index is 11.2. The highest BCUT2D eigenvalue weighted by Crippen LogP contribution is 2.13. The number of aliphatic hydroxyl groups is 1. The second-order valence-electron chi connectivity index (χ2n) is 3.42. The number of amides is 3. The lowest BCUT2D eigenvalue weighted by Gasteiger charge is -2.26. The molecule has 1 fully saturated rings. The second kappa shape index (κ2) is 3.74. The maximum Gasteiger partial charge on any atom is 0.324 e. The quantitative estimate of drug-likeness (QED) is 0.587. The standard InChI is InChI=1S/C8H14N2O3/c1-5(2)6(4-11)10-7(12)3-9-8(10)13/h5-6,11H,3-4H2,1-2H3,(H,9,13). The monoisotopic (exact) mass is 186 g/mol. The van der Waals surface area contributed by atoms with Gasteiger partial charge in [-0.1, -0.05) is 13.8 Å². The van der Waals surface area contributed by atoms with E-state index in [1.54, 1.807) is 0 Å². The number of aliphatic hydroxyl groups excluding tert-OH is 1. The highest BCUT2D eigenvalue weighted by molar-refractivity contribution is 6.02. The van der Waals surface area contributed by atoms with Crippen LogP contribution in [0.5, 0.6) is 0 Å². The van der Waals surface area contributed by atoms with Crippen LogP contribution in [-0.4, -0.2) is 41.1 Å². The van der Waals surface area contributed by atoms with Crippen molar-refractivity contribution in [3.8, 4) is 0 Å². The first kappa shape index (κ1) is 9.98. The lowest BCUT2D eigenvalue weighted by molar-refractivity contribution is -0.127. The van der Waals surface area contributed by atoms with Crippen molar-refractivity contribution in [2.75, 3.05) is 13.2 Å². The van der Waals surface area contributed by atoms with Crippen molar-refractivity contribution in [2.45, 2.75) is 19.9 Å². The lowest BCUT2D eigenvalue weighted by Crippen LogP contribution is -2.45. The molecule has 0 bridgehead atoms. The number of nitrogens with one attached hydrogen (secondary N) is 1. The van der Waals surface area contributed by atoms with Crippen LogP contribution in [0.25, 0.3) is 0 Å². The maximum absolute atomic E-state index is 11.2. The summed E-state index contributed by atoms with van der Waals surface area (Å²) in [6.07, 6.45) is 0. The summed E-state index contributed by atoms with van der Waals surface area (Å²) in [5, 5.41) is 11.4. The summed E-state index contributed by atoms with van der Waals surface area (Å²) in [6, 6.07) is -0.812. The van der Waals surface area contributed by atoms with E-state index >= 15 is 0 Å². The molecule has 0 aliphatic carbocycles. The number of rotatable bonds is 3. The molecule has 0 aromatic carbocycles. The highest BCUT2D eigenvalue weighted by atomic mass is 16.3. The molecule has 1 saturated heterocycles. The zero-order chi connectivity index (χ0) is 10.0. The third-order valence-corrected chi connectivity index (χ3v) is 2.17. The van der Waals surface area contributed by atoms with Gasteiger partial charge in [-0.2, -0.15) is 0 Å². The molecule has 0 aromatic rings. The average Bonchev–Trinajstić information content (AvgIpc) is 2.36. The summed E-state index contributed by atoms with van der Waals surface area (Å²) < 4.78 is 0. The fourth-order valence-electron chi connectivity index (χ4n) is 1.36. The minimum Gasteiger partial charge on any atom is -0.394 e. The van der Waals surface area contributed by atoms with Crippen LogP contribution in [0.3, 0.4) is 0 Å². The third-order valence-electron chi connectivity index (χ3n) is 2.17. The van der Waals surface area contributed by atoms with E-state index in [1.165, 1.54) is 0 Å². The predicted molar refractivity (Wildman–Crippen MR) is 46.0 cm³/mol. The van der Waals surface area contributed by atoms with E-state index in [9.17, 15) is 9.59 Å².